The molecule has 1 N–H and O–H groups in total. The highest BCUT2D eigenvalue weighted by Crippen LogP contribution is 2.28. The third-order valence-electron chi connectivity index (χ3n) is 3.26. The normalized spacial score (nSPS) is 12.2. The summed E-state index contributed by atoms with van der Waals surface area (Å²) in [6.45, 7) is 3.91. The van der Waals surface area contributed by atoms with Gasteiger partial charge in [0.2, 0.25) is 0 Å². The van der Waals surface area contributed by atoms with Gasteiger partial charge in [0.1, 0.15) is 11.6 Å². The van der Waals surface area contributed by atoms with Crippen molar-refractivity contribution in [2.24, 2.45) is 0 Å². The van der Waals surface area contributed by atoms with Crippen LogP contribution in [0.4, 0.5) is 14.5 Å². The molecule has 0 aromatic heterocycles. The molecule has 106 valence electrons. The van der Waals surface area contributed by atoms with E-state index in [0.717, 1.165) is 23.2 Å². The molecule has 2 aromatic rings. The van der Waals surface area contributed by atoms with Crippen molar-refractivity contribution in [1.29, 1.82) is 0 Å². The Morgan fingerprint density at radius 1 is 1.20 bits per heavy atom. The molecule has 0 amide bonds. The van der Waals surface area contributed by atoms with Gasteiger partial charge < -0.3 is 5.32 Å². The Morgan fingerprint density at radius 3 is 2.60 bits per heavy atom. The minimum atomic E-state index is -0.313. The van der Waals surface area contributed by atoms with E-state index in [1.165, 1.54) is 18.2 Å². The lowest BCUT2D eigenvalue weighted by molar-refractivity contribution is 0.617. The van der Waals surface area contributed by atoms with Crippen LogP contribution in [0.5, 0.6) is 0 Å². The molecule has 0 bridgehead atoms. The molecule has 0 saturated heterocycles. The number of hydrogen-bond donors (Lipinski definition) is 1. The van der Waals surface area contributed by atoms with E-state index >= 15 is 0 Å². The van der Waals surface area contributed by atoms with E-state index in [9.17, 15) is 8.78 Å². The molecule has 1 atom stereocenters. The number of benzene rings is 2. The van der Waals surface area contributed by atoms with Crippen molar-refractivity contribution in [3.63, 3.8) is 0 Å². The molecule has 1 unspecified atom stereocenters. The second-order valence-electron chi connectivity index (χ2n) is 4.74. The minimum absolute atomic E-state index is 0.0509. The molecule has 0 radical (unpaired) electrons. The van der Waals surface area contributed by atoms with Crippen molar-refractivity contribution in [3.8, 4) is 0 Å². The van der Waals surface area contributed by atoms with Gasteiger partial charge in [-0.3, -0.25) is 0 Å². The predicted molar refractivity (Wildman–Crippen MR) is 81.9 cm³/mol. The smallest absolute Gasteiger partial charge is 0.139 e. The monoisotopic (exact) mass is 339 g/mol. The molecule has 0 aliphatic carbocycles. The van der Waals surface area contributed by atoms with Gasteiger partial charge in [-0.05, 0) is 64.7 Å². The van der Waals surface area contributed by atoms with E-state index in [4.69, 9.17) is 0 Å². The van der Waals surface area contributed by atoms with E-state index < -0.39 is 0 Å². The summed E-state index contributed by atoms with van der Waals surface area (Å²) in [4.78, 5) is 0. The summed E-state index contributed by atoms with van der Waals surface area (Å²) in [5.74, 6) is -0.575. The zero-order valence-electron chi connectivity index (χ0n) is 11.4. The molecule has 0 aliphatic heterocycles. The highest BCUT2D eigenvalue weighted by Gasteiger charge is 2.12. The van der Waals surface area contributed by atoms with Gasteiger partial charge in [0, 0.05) is 5.69 Å². The highest BCUT2D eigenvalue weighted by molar-refractivity contribution is 9.10. The fourth-order valence-corrected chi connectivity index (χ4v) is 2.59. The zero-order chi connectivity index (χ0) is 14.7. The second kappa shape index (κ2) is 6.35. The number of aryl methyl sites for hydroxylation is 1. The van der Waals surface area contributed by atoms with Crippen molar-refractivity contribution in [2.75, 3.05) is 5.32 Å². The van der Waals surface area contributed by atoms with Gasteiger partial charge in [0.05, 0.1) is 10.5 Å². The lowest BCUT2D eigenvalue weighted by Crippen LogP contribution is -2.11. The van der Waals surface area contributed by atoms with Crippen LogP contribution < -0.4 is 5.32 Å². The van der Waals surface area contributed by atoms with E-state index in [-0.39, 0.29) is 17.7 Å². The Labute approximate surface area is 126 Å². The molecule has 0 saturated carbocycles. The topological polar surface area (TPSA) is 12.0 Å². The van der Waals surface area contributed by atoms with Gasteiger partial charge in [-0.2, -0.15) is 0 Å². The van der Waals surface area contributed by atoms with E-state index in [1.54, 1.807) is 12.1 Å². The maximum absolute atomic E-state index is 13.6. The van der Waals surface area contributed by atoms with E-state index in [0.29, 0.717) is 4.47 Å². The number of halogens is 3. The molecule has 20 heavy (non-hydrogen) atoms. The molecule has 0 spiro atoms. The summed E-state index contributed by atoms with van der Waals surface area (Å²) >= 11 is 3.17. The summed E-state index contributed by atoms with van der Waals surface area (Å²) in [6.07, 6.45) is 0.778. The maximum atomic E-state index is 13.6. The Balaban J connectivity index is 2.29. The van der Waals surface area contributed by atoms with E-state index in [2.05, 4.69) is 21.2 Å². The standard InChI is InChI=1S/C16H16BrF2N/c1-3-15(11-5-4-6-12(18)8-11)20-16-9-14(19)13(17)7-10(16)2/h4-9,15,20H,3H2,1-2H3. The SMILES string of the molecule is CCC(Nc1cc(F)c(Br)cc1C)c1cccc(F)c1. The first-order valence-corrected chi connectivity index (χ1v) is 7.28. The number of anilines is 1. The average molecular weight is 340 g/mol. The van der Waals surface area contributed by atoms with Gasteiger partial charge in [-0.1, -0.05) is 19.1 Å². The first-order chi connectivity index (χ1) is 9.51. The fourth-order valence-electron chi connectivity index (χ4n) is 2.13. The van der Waals surface area contributed by atoms with Crippen molar-refractivity contribution >= 4 is 21.6 Å². The first-order valence-electron chi connectivity index (χ1n) is 6.49. The second-order valence-corrected chi connectivity index (χ2v) is 5.60. The average Bonchev–Trinajstić information content (AvgIpc) is 2.41. The van der Waals surface area contributed by atoms with Crippen LogP contribution in [-0.4, -0.2) is 0 Å². The van der Waals surface area contributed by atoms with Crippen LogP contribution in [0.1, 0.15) is 30.5 Å². The first kappa shape index (κ1) is 15.0. The summed E-state index contributed by atoms with van der Waals surface area (Å²) in [6, 6.07) is 9.62. The predicted octanol–water partition coefficient (Wildman–Crippen LogP) is 5.60. The van der Waals surface area contributed by atoms with Crippen LogP contribution >= 0.6 is 15.9 Å². The highest BCUT2D eigenvalue weighted by atomic mass is 79.9. The maximum Gasteiger partial charge on any atom is 0.139 e. The minimum Gasteiger partial charge on any atom is -0.378 e. The van der Waals surface area contributed by atoms with Crippen LogP contribution in [0.3, 0.4) is 0 Å². The van der Waals surface area contributed by atoms with Gasteiger partial charge in [-0.15, -0.1) is 0 Å². The molecule has 1 nitrogen and oxygen atoms in total. The molecular formula is C16H16BrF2N. The van der Waals surface area contributed by atoms with Crippen molar-refractivity contribution < 1.29 is 8.78 Å². The fraction of sp³-hybridized carbons (Fsp3) is 0.250. The van der Waals surface area contributed by atoms with Crippen molar-refractivity contribution in [2.45, 2.75) is 26.3 Å². The largest absolute Gasteiger partial charge is 0.378 e. The van der Waals surface area contributed by atoms with Crippen LogP contribution in [-0.2, 0) is 0 Å². The Hall–Kier alpha value is -1.42. The number of rotatable bonds is 4. The summed E-state index contributed by atoms with van der Waals surface area (Å²) in [7, 11) is 0. The molecule has 0 heterocycles. The number of nitrogens with one attached hydrogen (secondary N) is 1. The zero-order valence-corrected chi connectivity index (χ0v) is 13.0. The van der Waals surface area contributed by atoms with Crippen molar-refractivity contribution in [3.05, 3.63) is 63.6 Å². The van der Waals surface area contributed by atoms with Crippen LogP contribution in [0.25, 0.3) is 0 Å². The lowest BCUT2D eigenvalue weighted by Gasteiger charge is -2.20. The third kappa shape index (κ3) is 3.37. The Bertz CT molecular complexity index is 613. The van der Waals surface area contributed by atoms with Gasteiger partial charge >= 0.3 is 0 Å². The third-order valence-corrected chi connectivity index (χ3v) is 3.86. The molecule has 2 aromatic carbocycles. The van der Waals surface area contributed by atoms with Gasteiger partial charge in [0.25, 0.3) is 0 Å². The van der Waals surface area contributed by atoms with Crippen LogP contribution in [0, 0.1) is 18.6 Å². The van der Waals surface area contributed by atoms with Crippen molar-refractivity contribution in [1.82, 2.24) is 0 Å². The quantitative estimate of drug-likeness (QED) is 0.764. The summed E-state index contributed by atoms with van der Waals surface area (Å²) in [5, 5.41) is 3.28. The molecule has 2 rings (SSSR count). The summed E-state index contributed by atoms with van der Waals surface area (Å²) in [5.41, 5.74) is 2.52. The molecule has 4 heteroatoms. The van der Waals surface area contributed by atoms with Crippen LogP contribution in [0.15, 0.2) is 40.9 Å². The Morgan fingerprint density at radius 2 is 1.95 bits per heavy atom. The van der Waals surface area contributed by atoms with Gasteiger partial charge in [0.15, 0.2) is 0 Å². The van der Waals surface area contributed by atoms with Gasteiger partial charge in [-0.25, -0.2) is 8.78 Å². The molecule has 0 fully saturated rings. The van der Waals surface area contributed by atoms with Crippen LogP contribution in [0.2, 0.25) is 0 Å². The summed E-state index contributed by atoms with van der Waals surface area (Å²) < 4.78 is 27.4. The lowest BCUT2D eigenvalue weighted by atomic mass is 10.0. The molecule has 0 aliphatic rings. The Kier molecular flexibility index (Phi) is 4.76. The van der Waals surface area contributed by atoms with E-state index in [1.807, 2.05) is 19.9 Å². The number of hydrogen-bond acceptors (Lipinski definition) is 1. The molecular weight excluding hydrogens is 324 g/mol.